The SMILES string of the molecule is N/C(=N/N=C\c1ccc(O)c(O)c1)S[C@H]1CC(=O)N(c2ccc(C(=O)O)cc2)C1=O. The van der Waals surface area contributed by atoms with Crippen LogP contribution in [0.4, 0.5) is 5.69 Å². The Morgan fingerprint density at radius 2 is 1.83 bits per heavy atom. The van der Waals surface area contributed by atoms with E-state index in [9.17, 15) is 24.6 Å². The Bertz CT molecular complexity index is 1070. The first-order chi connectivity index (χ1) is 14.3. The minimum Gasteiger partial charge on any atom is -0.504 e. The first-order valence-electron chi connectivity index (χ1n) is 8.51. The highest BCUT2D eigenvalue weighted by Crippen LogP contribution is 2.30. The second-order valence-electron chi connectivity index (χ2n) is 6.16. The predicted molar refractivity (Wildman–Crippen MR) is 111 cm³/mol. The lowest BCUT2D eigenvalue weighted by Gasteiger charge is -2.14. The van der Waals surface area contributed by atoms with Crippen molar-refractivity contribution in [2.24, 2.45) is 15.9 Å². The summed E-state index contributed by atoms with van der Waals surface area (Å²) in [5, 5.41) is 34.3. The van der Waals surface area contributed by atoms with Crippen molar-refractivity contribution in [3.05, 3.63) is 53.6 Å². The molecule has 2 aromatic carbocycles. The van der Waals surface area contributed by atoms with Crippen molar-refractivity contribution in [2.45, 2.75) is 11.7 Å². The highest BCUT2D eigenvalue weighted by Gasteiger charge is 2.40. The number of amidine groups is 1. The zero-order valence-electron chi connectivity index (χ0n) is 15.3. The molecule has 154 valence electrons. The molecule has 11 heteroatoms. The van der Waals surface area contributed by atoms with Crippen LogP contribution in [-0.4, -0.2) is 49.7 Å². The number of phenols is 2. The monoisotopic (exact) mass is 428 g/mol. The van der Waals surface area contributed by atoms with E-state index in [-0.39, 0.29) is 34.3 Å². The van der Waals surface area contributed by atoms with Crippen LogP contribution in [0.1, 0.15) is 22.3 Å². The molecule has 0 saturated carbocycles. The lowest BCUT2D eigenvalue weighted by molar-refractivity contribution is -0.121. The summed E-state index contributed by atoms with van der Waals surface area (Å²) in [5.41, 5.74) is 6.56. The Morgan fingerprint density at radius 3 is 2.47 bits per heavy atom. The Morgan fingerprint density at radius 1 is 1.13 bits per heavy atom. The summed E-state index contributed by atoms with van der Waals surface area (Å²) in [6.07, 6.45) is 1.21. The van der Waals surface area contributed by atoms with Gasteiger partial charge in [0.1, 0.15) is 5.25 Å². The fraction of sp³-hybridized carbons (Fsp3) is 0.105. The Hall–Kier alpha value is -3.86. The Kier molecular flexibility index (Phi) is 6.02. The number of nitrogens with two attached hydrogens (primary N) is 1. The fourth-order valence-electron chi connectivity index (χ4n) is 2.66. The van der Waals surface area contributed by atoms with Gasteiger partial charge in [-0.05, 0) is 48.0 Å². The van der Waals surface area contributed by atoms with E-state index in [1.54, 1.807) is 0 Å². The number of carboxylic acids is 1. The van der Waals surface area contributed by atoms with Gasteiger partial charge in [-0.25, -0.2) is 9.69 Å². The van der Waals surface area contributed by atoms with Crippen LogP contribution in [0.15, 0.2) is 52.7 Å². The van der Waals surface area contributed by atoms with Gasteiger partial charge in [0, 0.05) is 6.42 Å². The predicted octanol–water partition coefficient (Wildman–Crippen LogP) is 1.51. The van der Waals surface area contributed by atoms with E-state index in [0.29, 0.717) is 5.56 Å². The van der Waals surface area contributed by atoms with E-state index in [4.69, 9.17) is 10.8 Å². The number of hydrogen-bond donors (Lipinski definition) is 4. The smallest absolute Gasteiger partial charge is 0.335 e. The number of carbonyl (C=O) groups is 3. The molecule has 2 amide bonds. The average Bonchev–Trinajstić information content (AvgIpc) is 2.97. The minimum atomic E-state index is -1.11. The number of aromatic carboxylic acids is 1. The van der Waals surface area contributed by atoms with Gasteiger partial charge in [-0.3, -0.25) is 9.59 Å². The molecule has 0 bridgehead atoms. The van der Waals surface area contributed by atoms with Crippen LogP contribution in [0, 0.1) is 0 Å². The van der Waals surface area contributed by atoms with Gasteiger partial charge in [-0.1, -0.05) is 11.8 Å². The molecular weight excluding hydrogens is 412 g/mol. The van der Waals surface area contributed by atoms with Gasteiger partial charge in [0.05, 0.1) is 17.5 Å². The van der Waals surface area contributed by atoms with Gasteiger partial charge < -0.3 is 21.1 Å². The second-order valence-corrected chi connectivity index (χ2v) is 7.38. The number of imide groups is 1. The lowest BCUT2D eigenvalue weighted by Crippen LogP contribution is -2.31. The molecule has 5 N–H and O–H groups in total. The molecule has 0 spiro atoms. The van der Waals surface area contributed by atoms with Crippen molar-refractivity contribution in [1.29, 1.82) is 0 Å². The lowest BCUT2D eigenvalue weighted by atomic mass is 10.2. The van der Waals surface area contributed by atoms with Crippen LogP contribution in [0.25, 0.3) is 0 Å². The molecule has 1 saturated heterocycles. The van der Waals surface area contributed by atoms with Crippen molar-refractivity contribution in [1.82, 2.24) is 0 Å². The fourth-order valence-corrected chi connectivity index (χ4v) is 3.48. The largest absolute Gasteiger partial charge is 0.504 e. The van der Waals surface area contributed by atoms with Gasteiger partial charge in [0.25, 0.3) is 0 Å². The summed E-state index contributed by atoms with van der Waals surface area (Å²) in [7, 11) is 0. The summed E-state index contributed by atoms with van der Waals surface area (Å²) in [6.45, 7) is 0. The van der Waals surface area contributed by atoms with Gasteiger partial charge >= 0.3 is 5.97 Å². The van der Waals surface area contributed by atoms with Crippen LogP contribution in [0.3, 0.4) is 0 Å². The van der Waals surface area contributed by atoms with Crippen LogP contribution < -0.4 is 10.6 Å². The summed E-state index contributed by atoms with van der Waals surface area (Å²) < 4.78 is 0. The zero-order valence-corrected chi connectivity index (χ0v) is 16.1. The van der Waals surface area contributed by atoms with Crippen LogP contribution in [0.5, 0.6) is 11.5 Å². The summed E-state index contributed by atoms with van der Waals surface area (Å²) in [6, 6.07) is 9.48. The summed E-state index contributed by atoms with van der Waals surface area (Å²) >= 11 is 0.885. The van der Waals surface area contributed by atoms with Crippen LogP contribution in [-0.2, 0) is 9.59 Å². The summed E-state index contributed by atoms with van der Waals surface area (Å²) in [5.74, 6) is -2.61. The molecule has 1 aliphatic heterocycles. The molecule has 0 aliphatic carbocycles. The number of carboxylic acid groups (broad SMARTS) is 1. The number of thioether (sulfide) groups is 1. The second kappa shape index (κ2) is 8.66. The number of anilines is 1. The molecule has 0 unspecified atom stereocenters. The van der Waals surface area contributed by atoms with E-state index in [1.807, 2.05) is 0 Å². The molecule has 1 heterocycles. The van der Waals surface area contributed by atoms with Crippen LogP contribution in [0.2, 0.25) is 0 Å². The molecule has 2 aromatic rings. The van der Waals surface area contributed by atoms with Crippen LogP contribution >= 0.6 is 11.8 Å². The first-order valence-corrected chi connectivity index (χ1v) is 9.39. The molecule has 3 rings (SSSR count). The maximum Gasteiger partial charge on any atom is 0.335 e. The van der Waals surface area contributed by atoms with Crippen molar-refractivity contribution in [3.63, 3.8) is 0 Å². The first kappa shape index (κ1) is 20.9. The number of hydrogen-bond acceptors (Lipinski definition) is 8. The number of amides is 2. The van der Waals surface area contributed by atoms with E-state index < -0.39 is 23.0 Å². The van der Waals surface area contributed by atoms with Gasteiger partial charge in [-0.15, -0.1) is 5.10 Å². The molecule has 1 atom stereocenters. The number of nitrogens with zero attached hydrogens (tertiary/aromatic N) is 3. The standard InChI is InChI=1S/C19H16N4O6S/c20-19(22-21-9-10-1-6-13(24)14(25)7-10)30-15-8-16(26)23(17(15)27)12-4-2-11(3-5-12)18(28)29/h1-7,9,15,24-25H,8H2,(H2,20,22)(H,28,29)/b21-9-/t15-/m0/s1. The zero-order chi connectivity index (χ0) is 21.8. The van der Waals surface area contributed by atoms with E-state index in [2.05, 4.69) is 10.2 Å². The van der Waals surface area contributed by atoms with E-state index in [1.165, 1.54) is 48.7 Å². The van der Waals surface area contributed by atoms with Crippen molar-refractivity contribution >= 4 is 46.6 Å². The maximum absolute atomic E-state index is 12.6. The van der Waals surface area contributed by atoms with E-state index >= 15 is 0 Å². The number of rotatable bonds is 5. The van der Waals surface area contributed by atoms with Crippen molar-refractivity contribution in [3.8, 4) is 11.5 Å². The number of carbonyl (C=O) groups excluding carboxylic acids is 2. The minimum absolute atomic E-state index is 0.0384. The van der Waals surface area contributed by atoms with Crippen molar-refractivity contribution < 1.29 is 29.7 Å². The Balaban J connectivity index is 1.66. The molecule has 30 heavy (non-hydrogen) atoms. The number of phenolic OH excluding ortho intramolecular Hbond substituents is 2. The third kappa shape index (κ3) is 4.58. The Labute approximate surface area is 174 Å². The van der Waals surface area contributed by atoms with Gasteiger partial charge in [0.2, 0.25) is 11.8 Å². The highest BCUT2D eigenvalue weighted by atomic mass is 32.2. The molecule has 1 fully saturated rings. The molecule has 0 radical (unpaired) electrons. The van der Waals surface area contributed by atoms with Gasteiger partial charge in [0.15, 0.2) is 16.7 Å². The highest BCUT2D eigenvalue weighted by molar-refractivity contribution is 8.14. The number of aromatic hydroxyl groups is 2. The molecule has 1 aliphatic rings. The third-order valence-corrected chi connectivity index (χ3v) is 5.08. The molecular formula is C19H16N4O6S. The van der Waals surface area contributed by atoms with Gasteiger partial charge in [-0.2, -0.15) is 5.10 Å². The average molecular weight is 428 g/mol. The topological polar surface area (TPSA) is 166 Å². The molecule has 0 aromatic heterocycles. The molecule has 10 nitrogen and oxygen atoms in total. The van der Waals surface area contributed by atoms with E-state index in [0.717, 1.165) is 16.7 Å². The number of benzene rings is 2. The third-order valence-electron chi connectivity index (χ3n) is 4.10. The maximum atomic E-state index is 12.6. The quantitative estimate of drug-likeness (QED) is 0.183. The van der Waals surface area contributed by atoms with Crippen molar-refractivity contribution in [2.75, 3.05) is 4.90 Å². The normalized spacial score (nSPS) is 17.1. The summed E-state index contributed by atoms with van der Waals surface area (Å²) in [4.78, 5) is 36.8.